The first-order chi connectivity index (χ1) is 10.7. The number of benzene rings is 1. The lowest BCUT2D eigenvalue weighted by Gasteiger charge is -2.10. The fraction of sp³-hybridized carbons (Fsp3) is 0.333. The Balaban J connectivity index is 1.75. The summed E-state index contributed by atoms with van der Waals surface area (Å²) in [6.07, 6.45) is 2.19. The zero-order valence-electron chi connectivity index (χ0n) is 12.5. The number of nitrogens with one attached hydrogen (secondary N) is 2. The SMILES string of the molecule is CN(S)C(=O)NCCNCc1ncoc1Cc1ccccc1. The molecule has 0 saturated heterocycles. The average Bonchev–Trinajstić information content (AvgIpc) is 2.95. The second-order valence-electron chi connectivity index (χ2n) is 4.82. The Kier molecular flexibility index (Phi) is 6.29. The molecule has 2 aromatic rings. The van der Waals surface area contributed by atoms with Crippen LogP contribution < -0.4 is 10.6 Å². The van der Waals surface area contributed by atoms with Gasteiger partial charge < -0.3 is 15.1 Å². The van der Waals surface area contributed by atoms with Gasteiger partial charge in [-0.05, 0) is 5.56 Å². The van der Waals surface area contributed by atoms with E-state index in [0.717, 1.165) is 17.9 Å². The number of oxazole rings is 1. The van der Waals surface area contributed by atoms with Gasteiger partial charge in [-0.2, -0.15) is 0 Å². The van der Waals surface area contributed by atoms with Crippen molar-refractivity contribution in [1.29, 1.82) is 0 Å². The zero-order chi connectivity index (χ0) is 15.8. The largest absolute Gasteiger partial charge is 0.448 e. The van der Waals surface area contributed by atoms with Crippen molar-refractivity contribution in [2.24, 2.45) is 0 Å². The van der Waals surface area contributed by atoms with Crippen LogP contribution in [0.5, 0.6) is 0 Å². The number of nitrogens with zero attached hydrogens (tertiary/aromatic N) is 2. The number of rotatable bonds is 7. The number of urea groups is 1. The lowest BCUT2D eigenvalue weighted by Crippen LogP contribution is -2.36. The highest BCUT2D eigenvalue weighted by Crippen LogP contribution is 2.13. The van der Waals surface area contributed by atoms with E-state index in [9.17, 15) is 4.79 Å². The maximum atomic E-state index is 11.3. The van der Waals surface area contributed by atoms with E-state index in [-0.39, 0.29) is 6.03 Å². The summed E-state index contributed by atoms with van der Waals surface area (Å²) in [7, 11) is 1.58. The molecule has 2 rings (SSSR count). The average molecular weight is 320 g/mol. The highest BCUT2D eigenvalue weighted by molar-refractivity contribution is 7.78. The highest BCUT2D eigenvalue weighted by atomic mass is 32.1. The minimum atomic E-state index is -0.226. The van der Waals surface area contributed by atoms with E-state index in [0.29, 0.717) is 19.6 Å². The molecule has 0 aliphatic carbocycles. The van der Waals surface area contributed by atoms with E-state index < -0.39 is 0 Å². The van der Waals surface area contributed by atoms with Crippen molar-refractivity contribution in [3.63, 3.8) is 0 Å². The first kappa shape index (κ1) is 16.4. The number of hydrogen-bond acceptors (Lipinski definition) is 5. The summed E-state index contributed by atoms with van der Waals surface area (Å²) in [4.78, 5) is 15.5. The number of thiol groups is 1. The molecule has 0 aliphatic rings. The van der Waals surface area contributed by atoms with Crippen LogP contribution in [-0.2, 0) is 13.0 Å². The third kappa shape index (κ3) is 5.09. The molecule has 118 valence electrons. The molecule has 0 unspecified atom stereocenters. The highest BCUT2D eigenvalue weighted by Gasteiger charge is 2.09. The molecule has 0 radical (unpaired) electrons. The van der Waals surface area contributed by atoms with Gasteiger partial charge in [0.05, 0.1) is 5.69 Å². The van der Waals surface area contributed by atoms with E-state index >= 15 is 0 Å². The molecular formula is C15H20N4O2S. The van der Waals surface area contributed by atoms with Crippen molar-refractivity contribution in [3.05, 3.63) is 53.7 Å². The lowest BCUT2D eigenvalue weighted by molar-refractivity contribution is 0.231. The minimum absolute atomic E-state index is 0.226. The molecule has 0 bridgehead atoms. The Bertz CT molecular complexity index is 586. The van der Waals surface area contributed by atoms with Gasteiger partial charge in [0, 0.05) is 33.1 Å². The zero-order valence-corrected chi connectivity index (χ0v) is 13.3. The van der Waals surface area contributed by atoms with Crippen molar-refractivity contribution in [2.75, 3.05) is 20.1 Å². The summed E-state index contributed by atoms with van der Waals surface area (Å²) >= 11 is 3.91. The van der Waals surface area contributed by atoms with E-state index in [1.807, 2.05) is 18.2 Å². The van der Waals surface area contributed by atoms with E-state index in [4.69, 9.17) is 4.42 Å². The molecule has 0 saturated carbocycles. The number of carbonyl (C=O) groups is 1. The number of aromatic nitrogens is 1. The first-order valence-corrected chi connectivity index (χ1v) is 7.43. The maximum absolute atomic E-state index is 11.3. The Morgan fingerprint density at radius 1 is 1.32 bits per heavy atom. The van der Waals surface area contributed by atoms with Crippen molar-refractivity contribution >= 4 is 18.8 Å². The fourth-order valence-electron chi connectivity index (χ4n) is 1.94. The standard InChI is InChI=1S/C15H20N4O2S/c1-19(22)15(20)17-8-7-16-10-13-14(21-11-18-13)9-12-5-3-2-4-6-12/h2-6,11,16,22H,7-10H2,1H3,(H,17,20). The van der Waals surface area contributed by atoms with Gasteiger partial charge in [-0.15, -0.1) is 0 Å². The van der Waals surface area contributed by atoms with Crippen LogP contribution >= 0.6 is 12.8 Å². The first-order valence-electron chi connectivity index (χ1n) is 7.03. The van der Waals surface area contributed by atoms with E-state index in [1.54, 1.807) is 7.05 Å². The molecule has 6 nitrogen and oxygen atoms in total. The molecular weight excluding hydrogens is 300 g/mol. The van der Waals surface area contributed by atoms with Crippen LogP contribution in [0.1, 0.15) is 17.0 Å². The van der Waals surface area contributed by atoms with Gasteiger partial charge in [0.1, 0.15) is 5.76 Å². The van der Waals surface area contributed by atoms with Crippen LogP contribution in [-0.4, -0.2) is 35.5 Å². The van der Waals surface area contributed by atoms with Crippen LogP contribution in [0.2, 0.25) is 0 Å². The fourth-order valence-corrected chi connectivity index (χ4v) is 2.01. The maximum Gasteiger partial charge on any atom is 0.326 e. The Morgan fingerprint density at radius 2 is 2.09 bits per heavy atom. The van der Waals surface area contributed by atoms with Gasteiger partial charge in [0.25, 0.3) is 0 Å². The topological polar surface area (TPSA) is 70.4 Å². The van der Waals surface area contributed by atoms with Crippen LogP contribution in [0, 0.1) is 0 Å². The third-order valence-electron chi connectivity index (χ3n) is 3.10. The van der Waals surface area contributed by atoms with E-state index in [2.05, 4.69) is 40.6 Å². The Morgan fingerprint density at radius 3 is 2.82 bits per heavy atom. The second kappa shape index (κ2) is 8.45. The lowest BCUT2D eigenvalue weighted by atomic mass is 10.1. The van der Waals surface area contributed by atoms with Gasteiger partial charge in [-0.3, -0.25) is 4.31 Å². The molecule has 2 amide bonds. The van der Waals surface area contributed by atoms with Crippen LogP contribution in [0.25, 0.3) is 0 Å². The molecule has 1 heterocycles. The van der Waals surface area contributed by atoms with Crippen molar-refractivity contribution in [2.45, 2.75) is 13.0 Å². The van der Waals surface area contributed by atoms with Gasteiger partial charge in [-0.1, -0.05) is 43.1 Å². The normalized spacial score (nSPS) is 10.5. The third-order valence-corrected chi connectivity index (χ3v) is 3.28. The molecule has 7 heteroatoms. The number of amides is 2. The molecule has 0 atom stereocenters. The monoisotopic (exact) mass is 320 g/mol. The second-order valence-corrected chi connectivity index (χ2v) is 5.42. The van der Waals surface area contributed by atoms with E-state index in [1.165, 1.54) is 16.3 Å². The summed E-state index contributed by atoms with van der Waals surface area (Å²) in [5.41, 5.74) is 2.08. The molecule has 1 aromatic heterocycles. The quantitative estimate of drug-likeness (QED) is 0.538. The number of carbonyl (C=O) groups excluding carboxylic acids is 1. The number of hydrogen-bond donors (Lipinski definition) is 3. The molecule has 22 heavy (non-hydrogen) atoms. The van der Waals surface area contributed by atoms with Crippen LogP contribution in [0.3, 0.4) is 0 Å². The van der Waals surface area contributed by atoms with Crippen LogP contribution in [0.4, 0.5) is 4.79 Å². The Labute approximate surface area is 135 Å². The van der Waals surface area contributed by atoms with Crippen molar-refractivity contribution in [3.8, 4) is 0 Å². The predicted octanol–water partition coefficient (Wildman–Crippen LogP) is 1.84. The smallest absolute Gasteiger partial charge is 0.326 e. The Hall–Kier alpha value is -1.99. The van der Waals surface area contributed by atoms with Gasteiger partial charge in [0.2, 0.25) is 0 Å². The predicted molar refractivity (Wildman–Crippen MR) is 87.6 cm³/mol. The molecule has 0 spiro atoms. The van der Waals surface area contributed by atoms with Crippen molar-refractivity contribution < 1.29 is 9.21 Å². The van der Waals surface area contributed by atoms with Gasteiger partial charge >= 0.3 is 6.03 Å². The summed E-state index contributed by atoms with van der Waals surface area (Å²) in [5, 5.41) is 5.95. The summed E-state index contributed by atoms with van der Waals surface area (Å²) in [5.74, 6) is 0.859. The molecule has 0 aliphatic heterocycles. The molecule has 0 fully saturated rings. The summed E-state index contributed by atoms with van der Waals surface area (Å²) in [6.45, 7) is 1.77. The van der Waals surface area contributed by atoms with Crippen molar-refractivity contribution in [1.82, 2.24) is 19.9 Å². The van der Waals surface area contributed by atoms with Gasteiger partial charge in [-0.25, -0.2) is 9.78 Å². The summed E-state index contributed by atoms with van der Waals surface area (Å²) < 4.78 is 6.66. The minimum Gasteiger partial charge on any atom is -0.448 e. The molecule has 2 N–H and O–H groups in total. The van der Waals surface area contributed by atoms with Crippen LogP contribution in [0.15, 0.2) is 41.1 Å². The summed E-state index contributed by atoms with van der Waals surface area (Å²) in [6, 6.07) is 9.89. The van der Waals surface area contributed by atoms with Gasteiger partial charge in [0.15, 0.2) is 6.39 Å². The molecule has 1 aromatic carbocycles.